The number of hydrogen-bond donors (Lipinski definition) is 0. The van der Waals surface area contributed by atoms with E-state index in [1.165, 1.54) is 20.5 Å². The lowest BCUT2D eigenvalue weighted by atomic mass is 10.0. The molecule has 2 rings (SSSR count). The Balaban J connectivity index is 2.16. The molecule has 7 heteroatoms. The monoisotopic (exact) mass is 362 g/mol. The molecule has 1 aromatic rings. The maximum absolute atomic E-state index is 12.4. The zero-order chi connectivity index (χ0) is 19.2. The first-order valence-electron chi connectivity index (χ1n) is 8.24. The van der Waals surface area contributed by atoms with Gasteiger partial charge in [-0.2, -0.15) is 0 Å². The van der Waals surface area contributed by atoms with E-state index >= 15 is 0 Å². The summed E-state index contributed by atoms with van der Waals surface area (Å²) < 4.78 is 20.0. The van der Waals surface area contributed by atoms with Crippen LogP contribution in [-0.2, 0) is 39.9 Å². The minimum Gasteiger partial charge on any atom is -0.503 e. The van der Waals surface area contributed by atoms with Crippen LogP contribution in [0.25, 0.3) is 5.57 Å². The first-order valence-corrected chi connectivity index (χ1v) is 8.24. The molecule has 1 saturated carbocycles. The number of carbonyl (C=O) groups is 3. The first kappa shape index (κ1) is 19.5. The van der Waals surface area contributed by atoms with Gasteiger partial charge in [-0.25, -0.2) is 4.79 Å². The average Bonchev–Trinajstić information content (AvgIpc) is 3.46. The molecule has 1 fully saturated rings. The lowest BCUT2D eigenvalue weighted by Crippen LogP contribution is -2.29. The first-order chi connectivity index (χ1) is 12.5. The summed E-state index contributed by atoms with van der Waals surface area (Å²) in [6.07, 6.45) is 2.11. The van der Waals surface area contributed by atoms with Crippen LogP contribution in [0.3, 0.4) is 0 Å². The summed E-state index contributed by atoms with van der Waals surface area (Å²) in [7, 11) is 2.69. The van der Waals surface area contributed by atoms with E-state index in [0.717, 1.165) is 0 Å². The number of esters is 3. The van der Waals surface area contributed by atoms with E-state index in [1.54, 1.807) is 31.2 Å². The molecular weight excluding hydrogens is 340 g/mol. The standard InChI is InChI=1S/C19H22O7/c1-4-25-17(21)19(9-10-19)18(22)26-11-13-7-5-6-8-14(13)15(12-23-2)16(20)24-3/h5-8,12H,4,9-11H2,1-3H3. The molecule has 0 aliphatic heterocycles. The Hall–Kier alpha value is -2.83. The predicted molar refractivity (Wildman–Crippen MR) is 91.5 cm³/mol. The molecule has 0 N–H and O–H groups in total. The molecule has 0 heterocycles. The zero-order valence-corrected chi connectivity index (χ0v) is 15.1. The van der Waals surface area contributed by atoms with Crippen LogP contribution in [-0.4, -0.2) is 38.7 Å². The SMILES string of the molecule is CCOC(=O)C1(C(=O)OCc2ccccc2C(=COC)C(=O)OC)CC1. The van der Waals surface area contributed by atoms with Crippen molar-refractivity contribution < 1.29 is 33.3 Å². The van der Waals surface area contributed by atoms with E-state index in [0.29, 0.717) is 24.0 Å². The lowest BCUT2D eigenvalue weighted by molar-refractivity contribution is -0.165. The van der Waals surface area contributed by atoms with Crippen LogP contribution in [0.5, 0.6) is 0 Å². The average molecular weight is 362 g/mol. The maximum Gasteiger partial charge on any atom is 0.341 e. The highest BCUT2D eigenvalue weighted by Crippen LogP contribution is 2.48. The summed E-state index contributed by atoms with van der Waals surface area (Å²) in [4.78, 5) is 36.3. The third kappa shape index (κ3) is 4.04. The van der Waals surface area contributed by atoms with Crippen molar-refractivity contribution in [3.05, 3.63) is 41.7 Å². The highest BCUT2D eigenvalue weighted by Gasteiger charge is 2.59. The van der Waals surface area contributed by atoms with Gasteiger partial charge in [0, 0.05) is 0 Å². The molecule has 0 radical (unpaired) electrons. The molecule has 26 heavy (non-hydrogen) atoms. The Morgan fingerprint density at radius 1 is 1.08 bits per heavy atom. The highest BCUT2D eigenvalue weighted by atomic mass is 16.6. The van der Waals surface area contributed by atoms with Crippen molar-refractivity contribution in [2.75, 3.05) is 20.8 Å². The van der Waals surface area contributed by atoms with Crippen LogP contribution in [0.1, 0.15) is 30.9 Å². The van der Waals surface area contributed by atoms with E-state index in [1.807, 2.05) is 0 Å². The molecule has 7 nitrogen and oxygen atoms in total. The van der Waals surface area contributed by atoms with Crippen molar-refractivity contribution in [2.24, 2.45) is 5.41 Å². The summed E-state index contributed by atoms with van der Waals surface area (Å²) in [6.45, 7) is 1.81. The second-order valence-corrected chi connectivity index (χ2v) is 5.79. The van der Waals surface area contributed by atoms with E-state index in [9.17, 15) is 14.4 Å². The number of carbonyl (C=O) groups excluding carboxylic acids is 3. The lowest BCUT2D eigenvalue weighted by Gasteiger charge is -2.15. The second-order valence-electron chi connectivity index (χ2n) is 5.79. The smallest absolute Gasteiger partial charge is 0.341 e. The Bertz CT molecular complexity index is 716. The largest absolute Gasteiger partial charge is 0.503 e. The maximum atomic E-state index is 12.4. The van der Waals surface area contributed by atoms with Crippen molar-refractivity contribution in [1.82, 2.24) is 0 Å². The van der Waals surface area contributed by atoms with Gasteiger partial charge in [0.1, 0.15) is 12.2 Å². The fraction of sp³-hybridized carbons (Fsp3) is 0.421. The van der Waals surface area contributed by atoms with Crippen LogP contribution < -0.4 is 0 Å². The molecular formula is C19H22O7. The van der Waals surface area contributed by atoms with E-state index in [4.69, 9.17) is 18.9 Å². The van der Waals surface area contributed by atoms with Gasteiger partial charge in [0.2, 0.25) is 0 Å². The topological polar surface area (TPSA) is 88.1 Å². The summed E-state index contributed by atoms with van der Waals surface area (Å²) in [5.41, 5.74) is 0.135. The molecule has 1 aromatic carbocycles. The van der Waals surface area contributed by atoms with Gasteiger partial charge < -0.3 is 18.9 Å². The van der Waals surface area contributed by atoms with E-state index in [-0.39, 0.29) is 18.8 Å². The Labute approximate surface area is 151 Å². The fourth-order valence-corrected chi connectivity index (χ4v) is 2.53. The fourth-order valence-electron chi connectivity index (χ4n) is 2.53. The Morgan fingerprint density at radius 3 is 2.31 bits per heavy atom. The van der Waals surface area contributed by atoms with Crippen molar-refractivity contribution in [1.29, 1.82) is 0 Å². The van der Waals surface area contributed by atoms with Crippen LogP contribution in [0.2, 0.25) is 0 Å². The van der Waals surface area contributed by atoms with Crippen molar-refractivity contribution in [3.8, 4) is 0 Å². The molecule has 0 amide bonds. The predicted octanol–water partition coefficient (Wildman–Crippen LogP) is 2.23. The minimum atomic E-state index is -1.18. The van der Waals surface area contributed by atoms with Gasteiger partial charge in [0.05, 0.1) is 27.1 Å². The molecule has 0 aromatic heterocycles. The summed E-state index contributed by atoms with van der Waals surface area (Å²) >= 11 is 0. The molecule has 0 bridgehead atoms. The summed E-state index contributed by atoms with van der Waals surface area (Å²) in [5.74, 6) is -1.73. The minimum absolute atomic E-state index is 0.0891. The molecule has 0 saturated heterocycles. The zero-order valence-electron chi connectivity index (χ0n) is 15.1. The highest BCUT2D eigenvalue weighted by molar-refractivity contribution is 6.16. The van der Waals surface area contributed by atoms with Gasteiger partial charge in [-0.15, -0.1) is 0 Å². The van der Waals surface area contributed by atoms with Gasteiger partial charge in [0.25, 0.3) is 0 Å². The van der Waals surface area contributed by atoms with Crippen LogP contribution in [0, 0.1) is 5.41 Å². The molecule has 0 unspecified atom stereocenters. The molecule has 140 valence electrons. The quantitative estimate of drug-likeness (QED) is 0.230. The van der Waals surface area contributed by atoms with Gasteiger partial charge in [-0.1, -0.05) is 24.3 Å². The van der Waals surface area contributed by atoms with Gasteiger partial charge >= 0.3 is 17.9 Å². The molecule has 0 spiro atoms. The Morgan fingerprint density at radius 2 is 1.73 bits per heavy atom. The Kier molecular flexibility index (Phi) is 6.38. The molecule has 1 aliphatic carbocycles. The summed E-state index contributed by atoms with van der Waals surface area (Å²) in [5, 5.41) is 0. The van der Waals surface area contributed by atoms with E-state index < -0.39 is 23.3 Å². The second kappa shape index (κ2) is 8.51. The third-order valence-electron chi connectivity index (χ3n) is 4.11. The number of methoxy groups -OCH3 is 2. The number of hydrogen-bond acceptors (Lipinski definition) is 7. The van der Waals surface area contributed by atoms with Crippen LogP contribution in [0.4, 0.5) is 0 Å². The number of ether oxygens (including phenoxy) is 4. The third-order valence-corrected chi connectivity index (χ3v) is 4.11. The number of rotatable bonds is 8. The number of benzene rings is 1. The van der Waals surface area contributed by atoms with Gasteiger partial charge in [-0.3, -0.25) is 9.59 Å². The summed E-state index contributed by atoms with van der Waals surface area (Å²) in [6, 6.07) is 6.92. The van der Waals surface area contributed by atoms with Crippen LogP contribution in [0.15, 0.2) is 30.5 Å². The van der Waals surface area contributed by atoms with E-state index in [2.05, 4.69) is 0 Å². The normalized spacial score (nSPS) is 15.0. The van der Waals surface area contributed by atoms with Crippen molar-refractivity contribution >= 4 is 23.5 Å². The molecule has 0 atom stereocenters. The van der Waals surface area contributed by atoms with Crippen molar-refractivity contribution in [3.63, 3.8) is 0 Å². The molecule has 1 aliphatic rings. The van der Waals surface area contributed by atoms with Crippen molar-refractivity contribution in [2.45, 2.75) is 26.4 Å². The van der Waals surface area contributed by atoms with Crippen LogP contribution >= 0.6 is 0 Å². The van der Waals surface area contributed by atoms with Gasteiger partial charge in [-0.05, 0) is 30.9 Å². The van der Waals surface area contributed by atoms with Gasteiger partial charge in [0.15, 0.2) is 5.41 Å².